The largest absolute Gasteiger partial charge is 0.481 e. The van der Waals surface area contributed by atoms with Gasteiger partial charge in [0.2, 0.25) is 5.91 Å². The summed E-state index contributed by atoms with van der Waals surface area (Å²) in [5.74, 6) is -1.60. The lowest BCUT2D eigenvalue weighted by atomic mass is 9.81. The molecule has 1 saturated carbocycles. The predicted molar refractivity (Wildman–Crippen MR) is 72.0 cm³/mol. The fourth-order valence-electron chi connectivity index (χ4n) is 3.97. The van der Waals surface area contributed by atoms with Crippen molar-refractivity contribution in [3.05, 3.63) is 12.2 Å². The molecule has 2 fully saturated rings. The average Bonchev–Trinajstić information content (AvgIpc) is 3.06. The van der Waals surface area contributed by atoms with Gasteiger partial charge in [0.25, 0.3) is 0 Å². The third-order valence-electron chi connectivity index (χ3n) is 5.01. The summed E-state index contributed by atoms with van der Waals surface area (Å²) in [4.78, 5) is 26.2. The van der Waals surface area contributed by atoms with Crippen molar-refractivity contribution in [3.8, 4) is 0 Å². The number of rotatable bonds is 3. The number of carbonyl (C=O) groups is 2. The van der Waals surface area contributed by atoms with Gasteiger partial charge in [0.05, 0.1) is 31.1 Å². The summed E-state index contributed by atoms with van der Waals surface area (Å²) < 4.78 is 5.43. The molecular formula is C15H21NO4. The second-order valence-electron chi connectivity index (χ2n) is 6.01. The number of hydrogen-bond acceptors (Lipinski definition) is 3. The molecule has 1 aliphatic heterocycles. The van der Waals surface area contributed by atoms with Gasteiger partial charge in [0.1, 0.15) is 0 Å². The number of ether oxygens (including phenoxy) is 1. The van der Waals surface area contributed by atoms with Crippen molar-refractivity contribution in [2.75, 3.05) is 19.8 Å². The number of carbonyl (C=O) groups excluding carboxylic acids is 1. The van der Waals surface area contributed by atoms with Crippen LogP contribution in [0.25, 0.3) is 0 Å². The number of fused-ring (bicyclic) bond motifs is 2. The molecule has 5 atom stereocenters. The third-order valence-corrected chi connectivity index (χ3v) is 5.01. The summed E-state index contributed by atoms with van der Waals surface area (Å²) in [6.07, 6.45) is 5.67. The molecule has 0 aromatic carbocycles. The van der Waals surface area contributed by atoms with E-state index in [4.69, 9.17) is 4.74 Å². The number of aliphatic carboxylic acids is 1. The molecule has 0 aromatic rings. The number of carboxylic acids is 1. The molecule has 5 nitrogen and oxygen atoms in total. The van der Waals surface area contributed by atoms with E-state index in [2.05, 4.69) is 0 Å². The minimum absolute atomic E-state index is 0.0180. The SMILES string of the molecule is CCC1COCCN1C(=O)[C@H]1C2C=CC(C2)[C@H]1C(=O)O. The maximum Gasteiger partial charge on any atom is 0.307 e. The van der Waals surface area contributed by atoms with E-state index >= 15 is 0 Å². The molecule has 5 heteroatoms. The fourth-order valence-corrected chi connectivity index (χ4v) is 3.97. The van der Waals surface area contributed by atoms with E-state index in [-0.39, 0.29) is 29.7 Å². The number of morpholine rings is 1. The predicted octanol–water partition coefficient (Wildman–Crippen LogP) is 1.15. The van der Waals surface area contributed by atoms with E-state index in [9.17, 15) is 14.7 Å². The Hall–Kier alpha value is -1.36. The van der Waals surface area contributed by atoms with E-state index in [0.717, 1.165) is 12.8 Å². The maximum atomic E-state index is 12.8. The molecule has 110 valence electrons. The highest BCUT2D eigenvalue weighted by molar-refractivity contribution is 5.87. The van der Waals surface area contributed by atoms with Crippen molar-refractivity contribution in [1.82, 2.24) is 4.90 Å². The zero-order valence-electron chi connectivity index (χ0n) is 11.7. The Labute approximate surface area is 118 Å². The normalized spacial score (nSPS) is 39.2. The maximum absolute atomic E-state index is 12.8. The van der Waals surface area contributed by atoms with Crippen LogP contribution < -0.4 is 0 Å². The van der Waals surface area contributed by atoms with E-state index in [1.54, 1.807) is 0 Å². The summed E-state index contributed by atoms with van der Waals surface area (Å²) in [6, 6.07) is 0.0915. The Morgan fingerprint density at radius 2 is 2.00 bits per heavy atom. The second-order valence-corrected chi connectivity index (χ2v) is 6.01. The molecule has 3 aliphatic rings. The van der Waals surface area contributed by atoms with Crippen molar-refractivity contribution < 1.29 is 19.4 Å². The molecule has 0 spiro atoms. The van der Waals surface area contributed by atoms with Crippen LogP contribution in [0.5, 0.6) is 0 Å². The smallest absolute Gasteiger partial charge is 0.307 e. The molecule has 1 N–H and O–H groups in total. The van der Waals surface area contributed by atoms with Gasteiger partial charge in [-0.3, -0.25) is 9.59 Å². The van der Waals surface area contributed by atoms with Crippen molar-refractivity contribution in [2.45, 2.75) is 25.8 Å². The average molecular weight is 279 g/mol. The van der Waals surface area contributed by atoms with Gasteiger partial charge in [-0.25, -0.2) is 0 Å². The third kappa shape index (κ3) is 2.04. The van der Waals surface area contributed by atoms with Crippen LogP contribution in [0.2, 0.25) is 0 Å². The standard InChI is InChI=1S/C15H21NO4/c1-2-11-8-20-6-5-16(11)14(17)12-9-3-4-10(7-9)13(12)15(18)19/h3-4,9-13H,2,5-8H2,1H3,(H,18,19)/t9?,10?,11?,12-,13+/m0/s1. The van der Waals surface area contributed by atoms with Gasteiger partial charge < -0.3 is 14.7 Å². The lowest BCUT2D eigenvalue weighted by Crippen LogP contribution is -2.52. The van der Waals surface area contributed by atoms with Gasteiger partial charge in [-0.15, -0.1) is 0 Å². The number of allylic oxidation sites excluding steroid dienone is 2. The quantitative estimate of drug-likeness (QED) is 0.787. The molecule has 2 aliphatic carbocycles. The van der Waals surface area contributed by atoms with Crippen LogP contribution >= 0.6 is 0 Å². The lowest BCUT2D eigenvalue weighted by Gasteiger charge is -2.38. The van der Waals surface area contributed by atoms with Gasteiger partial charge >= 0.3 is 5.97 Å². The van der Waals surface area contributed by atoms with Crippen LogP contribution in [0.4, 0.5) is 0 Å². The van der Waals surface area contributed by atoms with Gasteiger partial charge in [0, 0.05) is 6.54 Å². The second kappa shape index (κ2) is 5.20. The van der Waals surface area contributed by atoms with E-state index in [1.807, 2.05) is 24.0 Å². The topological polar surface area (TPSA) is 66.8 Å². The highest BCUT2D eigenvalue weighted by Gasteiger charge is 2.53. The summed E-state index contributed by atoms with van der Waals surface area (Å²) in [5.41, 5.74) is 0. The number of amides is 1. The first-order valence-electron chi connectivity index (χ1n) is 7.42. The summed E-state index contributed by atoms with van der Waals surface area (Å²) in [7, 11) is 0. The molecule has 1 heterocycles. The molecule has 2 bridgehead atoms. The van der Waals surface area contributed by atoms with Gasteiger partial charge in [0.15, 0.2) is 0 Å². The van der Waals surface area contributed by atoms with Crippen LogP contribution in [0.15, 0.2) is 12.2 Å². The van der Waals surface area contributed by atoms with Crippen molar-refractivity contribution in [3.63, 3.8) is 0 Å². The highest BCUT2D eigenvalue weighted by Crippen LogP contribution is 2.49. The molecule has 3 unspecified atom stereocenters. The Balaban J connectivity index is 1.82. The van der Waals surface area contributed by atoms with E-state index < -0.39 is 11.9 Å². The van der Waals surface area contributed by atoms with Gasteiger partial charge in [-0.1, -0.05) is 19.1 Å². The minimum atomic E-state index is -0.832. The van der Waals surface area contributed by atoms with Crippen LogP contribution in [0, 0.1) is 23.7 Å². The Morgan fingerprint density at radius 1 is 1.30 bits per heavy atom. The number of nitrogens with zero attached hydrogens (tertiary/aromatic N) is 1. The van der Waals surface area contributed by atoms with Gasteiger partial charge in [-0.05, 0) is 24.7 Å². The Bertz CT molecular complexity index is 447. The van der Waals surface area contributed by atoms with Crippen molar-refractivity contribution >= 4 is 11.9 Å². The molecule has 3 rings (SSSR count). The summed E-state index contributed by atoms with van der Waals surface area (Å²) in [5, 5.41) is 9.45. The first kappa shape index (κ1) is 13.6. The van der Waals surface area contributed by atoms with Crippen LogP contribution in [-0.4, -0.2) is 47.7 Å². The molecule has 20 heavy (non-hydrogen) atoms. The molecule has 0 radical (unpaired) electrons. The summed E-state index contributed by atoms with van der Waals surface area (Å²) in [6.45, 7) is 3.74. The Kier molecular flexibility index (Phi) is 3.54. The van der Waals surface area contributed by atoms with Crippen LogP contribution in [-0.2, 0) is 14.3 Å². The van der Waals surface area contributed by atoms with Crippen molar-refractivity contribution in [1.29, 1.82) is 0 Å². The monoisotopic (exact) mass is 279 g/mol. The first-order valence-corrected chi connectivity index (χ1v) is 7.42. The van der Waals surface area contributed by atoms with E-state index in [0.29, 0.717) is 19.8 Å². The van der Waals surface area contributed by atoms with Gasteiger partial charge in [-0.2, -0.15) is 0 Å². The van der Waals surface area contributed by atoms with Crippen LogP contribution in [0.3, 0.4) is 0 Å². The Morgan fingerprint density at radius 3 is 2.65 bits per heavy atom. The zero-order valence-corrected chi connectivity index (χ0v) is 11.7. The number of carboxylic acid groups (broad SMARTS) is 1. The molecular weight excluding hydrogens is 258 g/mol. The highest BCUT2D eigenvalue weighted by atomic mass is 16.5. The lowest BCUT2D eigenvalue weighted by molar-refractivity contribution is -0.155. The molecule has 1 saturated heterocycles. The molecule has 0 aromatic heterocycles. The van der Waals surface area contributed by atoms with Crippen molar-refractivity contribution in [2.24, 2.45) is 23.7 Å². The fraction of sp³-hybridized carbons (Fsp3) is 0.733. The minimum Gasteiger partial charge on any atom is -0.481 e. The number of hydrogen-bond donors (Lipinski definition) is 1. The van der Waals surface area contributed by atoms with Crippen LogP contribution in [0.1, 0.15) is 19.8 Å². The zero-order chi connectivity index (χ0) is 14.3. The first-order chi connectivity index (χ1) is 9.63. The summed E-state index contributed by atoms with van der Waals surface area (Å²) >= 11 is 0. The molecule has 1 amide bonds. The van der Waals surface area contributed by atoms with E-state index in [1.165, 1.54) is 0 Å².